The molecule has 1 fully saturated rings. The summed E-state index contributed by atoms with van der Waals surface area (Å²) < 4.78 is 11.1. The van der Waals surface area contributed by atoms with Crippen molar-refractivity contribution in [1.29, 1.82) is 0 Å². The first kappa shape index (κ1) is 12.5. The molecule has 2 aromatic heterocycles. The summed E-state index contributed by atoms with van der Waals surface area (Å²) in [7, 11) is 1.94. The molecule has 1 aliphatic carbocycles. The fourth-order valence-electron chi connectivity index (χ4n) is 2.36. The van der Waals surface area contributed by atoms with Crippen molar-refractivity contribution < 1.29 is 8.83 Å². The van der Waals surface area contributed by atoms with E-state index in [2.05, 4.69) is 16.3 Å². The van der Waals surface area contributed by atoms with Gasteiger partial charge in [-0.3, -0.25) is 4.90 Å². The number of rotatable bonds is 7. The first-order valence-electron chi connectivity index (χ1n) is 6.82. The first-order valence-corrected chi connectivity index (χ1v) is 6.82. The van der Waals surface area contributed by atoms with Crippen LogP contribution >= 0.6 is 0 Å². The summed E-state index contributed by atoms with van der Waals surface area (Å²) in [4.78, 5) is 2.43. The van der Waals surface area contributed by atoms with Crippen LogP contribution in [0.4, 0.5) is 0 Å². The SMILES string of the molecule is CNCc1coc(CN(Cc2ccco2)C2CC2)c1. The zero-order valence-electron chi connectivity index (χ0n) is 11.3. The van der Waals surface area contributed by atoms with E-state index in [1.807, 2.05) is 25.4 Å². The maximum atomic E-state index is 5.63. The minimum Gasteiger partial charge on any atom is -0.468 e. The standard InChI is InChI=1S/C15H20N2O2/c1-16-8-12-7-15(19-11-12)10-17(13-4-5-13)9-14-3-2-6-18-14/h2-3,6-7,11,13,16H,4-5,8-10H2,1H3. The number of hydrogen-bond donors (Lipinski definition) is 1. The molecule has 0 saturated heterocycles. The fraction of sp³-hybridized carbons (Fsp3) is 0.467. The highest BCUT2D eigenvalue weighted by atomic mass is 16.3. The Labute approximate surface area is 113 Å². The van der Waals surface area contributed by atoms with Crippen molar-refractivity contribution in [3.63, 3.8) is 0 Å². The van der Waals surface area contributed by atoms with E-state index in [0.717, 1.165) is 31.2 Å². The molecule has 0 aromatic carbocycles. The minimum atomic E-state index is 0.683. The normalized spacial score (nSPS) is 15.3. The van der Waals surface area contributed by atoms with Crippen molar-refractivity contribution in [3.8, 4) is 0 Å². The lowest BCUT2D eigenvalue weighted by Gasteiger charge is -2.19. The highest BCUT2D eigenvalue weighted by Gasteiger charge is 2.30. The van der Waals surface area contributed by atoms with E-state index in [1.54, 1.807) is 6.26 Å². The van der Waals surface area contributed by atoms with Crippen LogP contribution in [0.2, 0.25) is 0 Å². The first-order chi connectivity index (χ1) is 9.35. The summed E-state index contributed by atoms with van der Waals surface area (Å²) >= 11 is 0. The van der Waals surface area contributed by atoms with Gasteiger partial charge in [0, 0.05) is 18.2 Å². The molecule has 0 radical (unpaired) electrons. The molecule has 1 N–H and O–H groups in total. The predicted molar refractivity (Wildman–Crippen MR) is 72.4 cm³/mol. The fourth-order valence-corrected chi connectivity index (χ4v) is 2.36. The second-order valence-corrected chi connectivity index (χ2v) is 5.17. The average molecular weight is 260 g/mol. The zero-order valence-corrected chi connectivity index (χ0v) is 11.3. The Balaban J connectivity index is 1.63. The molecule has 0 bridgehead atoms. The van der Waals surface area contributed by atoms with E-state index in [-0.39, 0.29) is 0 Å². The summed E-state index contributed by atoms with van der Waals surface area (Å²) in [6.07, 6.45) is 6.14. The van der Waals surface area contributed by atoms with Crippen LogP contribution in [0.25, 0.3) is 0 Å². The van der Waals surface area contributed by atoms with E-state index in [0.29, 0.717) is 6.04 Å². The minimum absolute atomic E-state index is 0.683. The van der Waals surface area contributed by atoms with Crippen molar-refractivity contribution in [2.24, 2.45) is 0 Å². The lowest BCUT2D eigenvalue weighted by atomic mass is 10.3. The van der Waals surface area contributed by atoms with Crippen LogP contribution in [0, 0.1) is 0 Å². The van der Waals surface area contributed by atoms with Gasteiger partial charge in [-0.1, -0.05) is 0 Å². The maximum absolute atomic E-state index is 5.63. The Morgan fingerprint density at radius 3 is 2.79 bits per heavy atom. The van der Waals surface area contributed by atoms with Crippen LogP contribution in [0.5, 0.6) is 0 Å². The van der Waals surface area contributed by atoms with Crippen molar-refractivity contribution in [2.75, 3.05) is 7.05 Å². The van der Waals surface area contributed by atoms with Gasteiger partial charge in [0.15, 0.2) is 0 Å². The average Bonchev–Trinajstić information content (AvgIpc) is 2.95. The molecule has 0 unspecified atom stereocenters. The molecule has 19 heavy (non-hydrogen) atoms. The summed E-state index contributed by atoms with van der Waals surface area (Å²) in [6, 6.07) is 6.79. The van der Waals surface area contributed by atoms with Crippen molar-refractivity contribution in [2.45, 2.75) is 38.5 Å². The van der Waals surface area contributed by atoms with Crippen molar-refractivity contribution in [3.05, 3.63) is 47.8 Å². The van der Waals surface area contributed by atoms with E-state index in [9.17, 15) is 0 Å². The van der Waals surface area contributed by atoms with E-state index in [4.69, 9.17) is 8.83 Å². The topological polar surface area (TPSA) is 41.6 Å². The Bertz CT molecular complexity index is 500. The number of hydrogen-bond acceptors (Lipinski definition) is 4. The van der Waals surface area contributed by atoms with Crippen LogP contribution in [0.3, 0.4) is 0 Å². The molecule has 0 aliphatic heterocycles. The van der Waals surface area contributed by atoms with Gasteiger partial charge in [-0.15, -0.1) is 0 Å². The Hall–Kier alpha value is -1.52. The van der Waals surface area contributed by atoms with Gasteiger partial charge >= 0.3 is 0 Å². The highest BCUT2D eigenvalue weighted by Crippen LogP contribution is 2.30. The molecule has 0 atom stereocenters. The maximum Gasteiger partial charge on any atom is 0.118 e. The van der Waals surface area contributed by atoms with Gasteiger partial charge in [0.2, 0.25) is 0 Å². The van der Waals surface area contributed by atoms with Gasteiger partial charge in [0.25, 0.3) is 0 Å². The zero-order chi connectivity index (χ0) is 13.1. The summed E-state index contributed by atoms with van der Waals surface area (Å²) in [6.45, 7) is 2.57. The second-order valence-electron chi connectivity index (χ2n) is 5.17. The van der Waals surface area contributed by atoms with Crippen LogP contribution in [-0.2, 0) is 19.6 Å². The van der Waals surface area contributed by atoms with Gasteiger partial charge in [-0.05, 0) is 38.1 Å². The number of nitrogens with one attached hydrogen (secondary N) is 1. The molecule has 1 saturated carbocycles. The molecule has 2 heterocycles. The van der Waals surface area contributed by atoms with Crippen LogP contribution < -0.4 is 5.32 Å². The number of nitrogens with zero attached hydrogens (tertiary/aromatic N) is 1. The van der Waals surface area contributed by atoms with Gasteiger partial charge in [0.05, 0.1) is 25.6 Å². The molecular weight excluding hydrogens is 240 g/mol. The second kappa shape index (κ2) is 5.63. The quantitative estimate of drug-likeness (QED) is 0.831. The Morgan fingerprint density at radius 1 is 1.26 bits per heavy atom. The van der Waals surface area contributed by atoms with E-state index < -0.39 is 0 Å². The molecular formula is C15H20N2O2. The van der Waals surface area contributed by atoms with Gasteiger partial charge in [-0.2, -0.15) is 0 Å². The highest BCUT2D eigenvalue weighted by molar-refractivity contribution is 5.13. The monoisotopic (exact) mass is 260 g/mol. The third kappa shape index (κ3) is 3.28. The molecule has 3 rings (SSSR count). The molecule has 0 amide bonds. The van der Waals surface area contributed by atoms with Crippen molar-refractivity contribution in [1.82, 2.24) is 10.2 Å². The third-order valence-corrected chi connectivity index (χ3v) is 3.45. The molecule has 4 nitrogen and oxygen atoms in total. The smallest absolute Gasteiger partial charge is 0.118 e. The summed E-state index contributed by atoms with van der Waals surface area (Å²) in [5.41, 5.74) is 1.20. The Kier molecular flexibility index (Phi) is 3.71. The van der Waals surface area contributed by atoms with Gasteiger partial charge in [0.1, 0.15) is 11.5 Å². The lowest BCUT2D eigenvalue weighted by Crippen LogP contribution is -2.24. The predicted octanol–water partition coefficient (Wildman–Crippen LogP) is 2.76. The van der Waals surface area contributed by atoms with E-state index in [1.165, 1.54) is 18.4 Å². The summed E-state index contributed by atoms with van der Waals surface area (Å²) in [5.74, 6) is 2.05. The van der Waals surface area contributed by atoms with Crippen LogP contribution in [0.1, 0.15) is 29.9 Å². The van der Waals surface area contributed by atoms with Gasteiger partial charge in [-0.25, -0.2) is 0 Å². The lowest BCUT2D eigenvalue weighted by molar-refractivity contribution is 0.208. The van der Waals surface area contributed by atoms with Crippen molar-refractivity contribution >= 4 is 0 Å². The number of furan rings is 2. The van der Waals surface area contributed by atoms with E-state index >= 15 is 0 Å². The van der Waals surface area contributed by atoms with Crippen LogP contribution in [0.15, 0.2) is 39.6 Å². The third-order valence-electron chi connectivity index (χ3n) is 3.45. The Morgan fingerprint density at radius 2 is 2.11 bits per heavy atom. The largest absolute Gasteiger partial charge is 0.468 e. The molecule has 0 spiro atoms. The molecule has 4 heteroatoms. The van der Waals surface area contributed by atoms with Gasteiger partial charge < -0.3 is 14.2 Å². The molecule has 1 aliphatic rings. The van der Waals surface area contributed by atoms with Crippen LogP contribution in [-0.4, -0.2) is 18.0 Å². The summed E-state index contributed by atoms with van der Waals surface area (Å²) in [5, 5.41) is 3.13. The molecule has 2 aromatic rings. The molecule has 102 valence electrons.